The van der Waals surface area contributed by atoms with E-state index < -0.39 is 22.2 Å². The highest BCUT2D eigenvalue weighted by atomic mass is 32.2. The summed E-state index contributed by atoms with van der Waals surface area (Å²) < 4.78 is 60.2. The lowest BCUT2D eigenvalue weighted by atomic mass is 10.1. The second-order valence-electron chi connectivity index (χ2n) is 3.44. The van der Waals surface area contributed by atoms with Crippen LogP contribution in [0.4, 0.5) is 13.2 Å². The smallest absolute Gasteiger partial charge is 0.263 e. The molecule has 0 bridgehead atoms. The minimum atomic E-state index is -5.46. The van der Waals surface area contributed by atoms with E-state index >= 15 is 0 Å². The molecule has 0 aromatic carbocycles. The third-order valence-electron chi connectivity index (χ3n) is 1.99. The number of unbranched alkanes of at least 4 members (excludes halogenated alkanes) is 4. The second-order valence-corrected chi connectivity index (χ2v) is 5.05. The van der Waals surface area contributed by atoms with Gasteiger partial charge in [-0.3, -0.25) is 4.18 Å². The fourth-order valence-corrected chi connectivity index (χ4v) is 1.57. The molecule has 0 heterocycles. The molecule has 0 atom stereocenters. The maximum absolute atomic E-state index is 11.8. The van der Waals surface area contributed by atoms with Crippen molar-refractivity contribution >= 4 is 10.1 Å². The predicted molar refractivity (Wildman–Crippen MR) is 58.0 cm³/mol. The molecule has 0 unspecified atom stereocenters. The van der Waals surface area contributed by atoms with Crippen molar-refractivity contribution in [3.63, 3.8) is 0 Å². The summed E-state index contributed by atoms with van der Waals surface area (Å²) in [5.41, 5.74) is 2.62. The molecule has 0 fully saturated rings. The molecule has 0 saturated heterocycles. The van der Waals surface area contributed by atoms with Crippen LogP contribution < -0.4 is 0 Å². The number of azide groups is 1. The molecule has 0 radical (unpaired) electrons. The Balaban J connectivity index is 3.55. The Morgan fingerprint density at radius 3 is 2.22 bits per heavy atom. The van der Waals surface area contributed by atoms with Gasteiger partial charge >= 0.3 is 15.6 Å². The first-order valence-corrected chi connectivity index (χ1v) is 6.68. The molecule has 0 aromatic rings. The van der Waals surface area contributed by atoms with Gasteiger partial charge in [0, 0.05) is 11.5 Å². The van der Waals surface area contributed by atoms with Gasteiger partial charge in [-0.05, 0) is 18.4 Å². The molecule has 0 spiro atoms. The van der Waals surface area contributed by atoms with Gasteiger partial charge in [-0.15, -0.1) is 0 Å². The molecule has 0 rings (SSSR count). The lowest BCUT2D eigenvalue weighted by Gasteiger charge is -2.07. The maximum Gasteiger partial charge on any atom is 0.523 e. The molecule has 0 aliphatic carbocycles. The van der Waals surface area contributed by atoms with Crippen LogP contribution in [0, 0.1) is 0 Å². The summed E-state index contributed by atoms with van der Waals surface area (Å²) in [6, 6.07) is 0. The summed E-state index contributed by atoms with van der Waals surface area (Å²) >= 11 is 0. The van der Waals surface area contributed by atoms with Crippen molar-refractivity contribution in [1.82, 2.24) is 0 Å². The van der Waals surface area contributed by atoms with E-state index in [1.807, 2.05) is 0 Å². The molecule has 10 heteroatoms. The third kappa shape index (κ3) is 7.36. The SMILES string of the molecule is [N-]=[N+]=NCCCCCCCOS(=O)(=O)C(F)(F)F. The van der Waals surface area contributed by atoms with Crippen molar-refractivity contribution in [3.8, 4) is 0 Å². The van der Waals surface area contributed by atoms with Gasteiger partial charge in [0.1, 0.15) is 0 Å². The van der Waals surface area contributed by atoms with Crippen molar-refractivity contribution in [2.75, 3.05) is 13.2 Å². The molecule has 0 saturated carbocycles. The summed E-state index contributed by atoms with van der Waals surface area (Å²) in [6.07, 6.45) is 2.98. The molecule has 0 aliphatic heterocycles. The molecule has 6 nitrogen and oxygen atoms in total. The van der Waals surface area contributed by atoms with Crippen molar-refractivity contribution in [2.24, 2.45) is 5.11 Å². The fourth-order valence-electron chi connectivity index (χ4n) is 1.10. The van der Waals surface area contributed by atoms with E-state index in [0.717, 1.165) is 12.8 Å². The number of nitrogens with zero attached hydrogens (tertiary/aromatic N) is 3. The summed E-state index contributed by atoms with van der Waals surface area (Å²) in [4.78, 5) is 2.56. The van der Waals surface area contributed by atoms with Gasteiger partial charge in [-0.2, -0.15) is 21.6 Å². The molecular weight excluding hydrogens is 275 g/mol. The van der Waals surface area contributed by atoms with Gasteiger partial charge in [0.15, 0.2) is 0 Å². The maximum atomic E-state index is 11.8. The van der Waals surface area contributed by atoms with E-state index in [1.165, 1.54) is 0 Å². The average Bonchev–Trinajstić information content (AvgIpc) is 2.25. The molecular formula is C8H14F3N3O3S. The summed E-state index contributed by atoms with van der Waals surface area (Å²) in [6.45, 7) is -0.0896. The first-order chi connectivity index (χ1) is 8.31. The first kappa shape index (κ1) is 17.0. The summed E-state index contributed by atoms with van der Waals surface area (Å²) in [7, 11) is -5.46. The van der Waals surface area contributed by atoms with Gasteiger partial charge in [-0.1, -0.05) is 24.4 Å². The zero-order chi connectivity index (χ0) is 14.1. The van der Waals surface area contributed by atoms with Crippen LogP contribution in [0.5, 0.6) is 0 Å². The minimum Gasteiger partial charge on any atom is -0.263 e. The van der Waals surface area contributed by atoms with Crippen molar-refractivity contribution < 1.29 is 25.8 Å². The Morgan fingerprint density at radius 2 is 1.67 bits per heavy atom. The molecule has 0 aromatic heterocycles. The molecule has 0 amide bonds. The normalized spacial score (nSPS) is 12.2. The molecule has 106 valence electrons. The van der Waals surface area contributed by atoms with E-state index in [-0.39, 0.29) is 6.42 Å². The van der Waals surface area contributed by atoms with Crippen LogP contribution in [-0.2, 0) is 14.3 Å². The van der Waals surface area contributed by atoms with Crippen LogP contribution in [0.25, 0.3) is 10.4 Å². The van der Waals surface area contributed by atoms with Gasteiger partial charge in [0.05, 0.1) is 6.61 Å². The Bertz CT molecular complexity index is 377. The lowest BCUT2D eigenvalue weighted by Crippen LogP contribution is -2.25. The van der Waals surface area contributed by atoms with Crippen LogP contribution in [0.1, 0.15) is 32.1 Å². The summed E-state index contributed by atoms with van der Waals surface area (Å²) in [5.74, 6) is 0. The quantitative estimate of drug-likeness (QED) is 0.163. The van der Waals surface area contributed by atoms with Gasteiger partial charge in [0.2, 0.25) is 0 Å². The number of alkyl halides is 3. The lowest BCUT2D eigenvalue weighted by molar-refractivity contribution is -0.0542. The fraction of sp³-hybridized carbons (Fsp3) is 1.00. The van der Waals surface area contributed by atoms with Crippen LogP contribution in [0.15, 0.2) is 5.11 Å². The largest absolute Gasteiger partial charge is 0.523 e. The monoisotopic (exact) mass is 289 g/mol. The van der Waals surface area contributed by atoms with Crippen LogP contribution in [0.2, 0.25) is 0 Å². The highest BCUT2D eigenvalue weighted by molar-refractivity contribution is 7.87. The predicted octanol–water partition coefficient (Wildman–Crippen LogP) is 3.11. The van der Waals surface area contributed by atoms with Crippen LogP contribution in [-0.4, -0.2) is 27.1 Å². The number of halogens is 3. The van der Waals surface area contributed by atoms with E-state index in [2.05, 4.69) is 14.2 Å². The number of rotatable bonds is 9. The zero-order valence-electron chi connectivity index (χ0n) is 9.56. The minimum absolute atomic E-state index is 0.233. The van der Waals surface area contributed by atoms with E-state index in [4.69, 9.17) is 5.53 Å². The standard InChI is InChI=1S/C8H14F3N3O3S/c9-8(10,11)18(15,16)17-7-5-3-1-2-4-6-13-14-12/h1-7H2. The van der Waals surface area contributed by atoms with Crippen molar-refractivity contribution in [3.05, 3.63) is 10.4 Å². The van der Waals surface area contributed by atoms with E-state index in [0.29, 0.717) is 19.4 Å². The van der Waals surface area contributed by atoms with Crippen LogP contribution in [0.3, 0.4) is 0 Å². The highest BCUT2D eigenvalue weighted by Crippen LogP contribution is 2.24. The third-order valence-corrected chi connectivity index (χ3v) is 3.03. The topological polar surface area (TPSA) is 92.1 Å². The highest BCUT2D eigenvalue weighted by Gasteiger charge is 2.47. The number of hydrogen-bond donors (Lipinski definition) is 0. The van der Waals surface area contributed by atoms with Crippen molar-refractivity contribution in [1.29, 1.82) is 0 Å². The van der Waals surface area contributed by atoms with Crippen LogP contribution >= 0.6 is 0 Å². The summed E-state index contributed by atoms with van der Waals surface area (Å²) in [5, 5.41) is 3.32. The van der Waals surface area contributed by atoms with Gasteiger partial charge in [-0.25, -0.2) is 0 Å². The molecule has 18 heavy (non-hydrogen) atoms. The van der Waals surface area contributed by atoms with Crippen molar-refractivity contribution in [2.45, 2.75) is 37.6 Å². The first-order valence-electron chi connectivity index (χ1n) is 5.28. The van der Waals surface area contributed by atoms with E-state index in [9.17, 15) is 21.6 Å². The zero-order valence-corrected chi connectivity index (χ0v) is 10.4. The Labute approximate surface area is 103 Å². The molecule has 0 aliphatic rings. The Kier molecular flexibility index (Phi) is 7.72. The number of hydrogen-bond acceptors (Lipinski definition) is 4. The van der Waals surface area contributed by atoms with Gasteiger partial charge < -0.3 is 0 Å². The molecule has 0 N–H and O–H groups in total. The Morgan fingerprint density at radius 1 is 1.11 bits per heavy atom. The second kappa shape index (κ2) is 8.17. The van der Waals surface area contributed by atoms with E-state index in [1.54, 1.807) is 0 Å². The Hall–Kier alpha value is -0.990. The van der Waals surface area contributed by atoms with Gasteiger partial charge in [0.25, 0.3) is 0 Å². The average molecular weight is 289 g/mol.